The largest absolute Gasteiger partial charge is 0.425 e. The number of alkyl halides is 3. The number of aromatic nitrogens is 2. The zero-order valence-corrected chi connectivity index (χ0v) is 21.4. The summed E-state index contributed by atoms with van der Waals surface area (Å²) in [6.45, 7) is 5.93. The van der Waals surface area contributed by atoms with Gasteiger partial charge in [0.2, 0.25) is 0 Å². The first-order chi connectivity index (χ1) is 18.9. The Labute approximate surface area is 225 Å². The molecular formula is C27H23F3N6O2S. The van der Waals surface area contributed by atoms with E-state index in [1.54, 1.807) is 0 Å². The summed E-state index contributed by atoms with van der Waals surface area (Å²) in [6, 6.07) is 18.5. The van der Waals surface area contributed by atoms with Crippen molar-refractivity contribution in [1.82, 2.24) is 10.2 Å². The second-order valence-electron chi connectivity index (χ2n) is 8.93. The molecule has 1 saturated heterocycles. The molecule has 0 saturated carbocycles. The van der Waals surface area contributed by atoms with Crippen LogP contribution >= 0.6 is 11.3 Å². The number of nitrogens with one attached hydrogen (secondary N) is 2. The molecule has 0 aliphatic carbocycles. The smallest absolute Gasteiger partial charge is 0.403 e. The van der Waals surface area contributed by atoms with Gasteiger partial charge in [0.15, 0.2) is 6.17 Å². The van der Waals surface area contributed by atoms with Crippen molar-refractivity contribution in [2.45, 2.75) is 12.3 Å². The van der Waals surface area contributed by atoms with Crippen LogP contribution in [0.2, 0.25) is 0 Å². The van der Waals surface area contributed by atoms with Crippen LogP contribution in [-0.2, 0) is 10.9 Å². The van der Waals surface area contributed by atoms with E-state index in [0.717, 1.165) is 28.6 Å². The van der Waals surface area contributed by atoms with E-state index in [1.807, 2.05) is 59.5 Å². The highest BCUT2D eigenvalue weighted by molar-refractivity contribution is 7.16. The maximum absolute atomic E-state index is 13.6. The number of aliphatic imine (C=N–C) groups is 1. The summed E-state index contributed by atoms with van der Waals surface area (Å²) in [5.74, 6) is -0.0199. The van der Waals surface area contributed by atoms with Crippen LogP contribution in [0.15, 0.2) is 82.3 Å². The van der Waals surface area contributed by atoms with E-state index in [4.69, 9.17) is 14.1 Å². The predicted molar refractivity (Wildman–Crippen MR) is 144 cm³/mol. The van der Waals surface area contributed by atoms with Gasteiger partial charge < -0.3 is 24.7 Å². The molecule has 0 spiro atoms. The number of fused-ring (bicyclic) bond motifs is 1. The molecule has 39 heavy (non-hydrogen) atoms. The Kier molecular flexibility index (Phi) is 6.57. The first-order valence-corrected chi connectivity index (χ1v) is 13.0. The minimum atomic E-state index is -4.49. The lowest BCUT2D eigenvalue weighted by atomic mass is 10.0. The van der Waals surface area contributed by atoms with Crippen LogP contribution in [0, 0.1) is 0 Å². The second-order valence-corrected chi connectivity index (χ2v) is 9.96. The third kappa shape index (κ3) is 5.12. The SMILES string of the molecule is C=C1Nc2ccccc2C(c2ccccc2)=N[C@@H]1Nc1nnc(-c2cc(C(F)(F)F)sc2N2CCOCC2)o1. The molecule has 2 aromatic heterocycles. The summed E-state index contributed by atoms with van der Waals surface area (Å²) in [7, 11) is 0. The number of benzodiazepines with no additional fused rings is 1. The third-order valence-corrected chi connectivity index (χ3v) is 7.56. The Bertz CT molecular complexity index is 1530. The fraction of sp³-hybridized carbons (Fsp3) is 0.222. The van der Waals surface area contributed by atoms with Gasteiger partial charge >= 0.3 is 12.2 Å². The topological polar surface area (TPSA) is 87.8 Å². The summed E-state index contributed by atoms with van der Waals surface area (Å²) in [5.41, 5.74) is 4.15. The van der Waals surface area contributed by atoms with Gasteiger partial charge in [-0.05, 0) is 12.1 Å². The highest BCUT2D eigenvalue weighted by Crippen LogP contribution is 2.45. The fourth-order valence-electron chi connectivity index (χ4n) is 4.44. The minimum absolute atomic E-state index is 0.00718. The van der Waals surface area contributed by atoms with E-state index >= 15 is 0 Å². The number of para-hydroxylation sites is 1. The van der Waals surface area contributed by atoms with Crippen molar-refractivity contribution in [3.63, 3.8) is 0 Å². The van der Waals surface area contributed by atoms with Gasteiger partial charge in [-0.3, -0.25) is 4.99 Å². The van der Waals surface area contributed by atoms with Crippen molar-refractivity contribution in [2.75, 3.05) is 41.8 Å². The van der Waals surface area contributed by atoms with Crippen LogP contribution in [0.5, 0.6) is 0 Å². The summed E-state index contributed by atoms with van der Waals surface area (Å²) in [6.07, 6.45) is -5.19. The van der Waals surface area contributed by atoms with E-state index in [9.17, 15) is 13.2 Å². The van der Waals surface area contributed by atoms with Gasteiger partial charge in [0.25, 0.3) is 5.89 Å². The number of rotatable bonds is 5. The fourth-order valence-corrected chi connectivity index (χ4v) is 5.51. The van der Waals surface area contributed by atoms with Crippen LogP contribution in [0.4, 0.5) is 29.9 Å². The molecule has 2 aromatic carbocycles. The van der Waals surface area contributed by atoms with Crippen molar-refractivity contribution in [3.05, 3.63) is 88.9 Å². The highest BCUT2D eigenvalue weighted by Gasteiger charge is 2.36. The number of hydrogen-bond acceptors (Lipinski definition) is 9. The zero-order chi connectivity index (χ0) is 27.0. The zero-order valence-electron chi connectivity index (χ0n) is 20.5. The van der Waals surface area contributed by atoms with E-state index in [1.165, 1.54) is 0 Å². The number of morpholine rings is 1. The highest BCUT2D eigenvalue weighted by atomic mass is 32.1. The lowest BCUT2D eigenvalue weighted by Gasteiger charge is -2.28. The van der Waals surface area contributed by atoms with E-state index in [0.29, 0.717) is 48.3 Å². The Morgan fingerprint density at radius 2 is 1.74 bits per heavy atom. The van der Waals surface area contributed by atoms with Gasteiger partial charge in [0.05, 0.1) is 30.2 Å². The molecule has 0 amide bonds. The first-order valence-electron chi connectivity index (χ1n) is 12.2. The molecule has 6 rings (SSSR count). The standard InChI is InChI=1S/C27H23F3N6O2S/c1-16-23(32-22(17-7-3-2-4-8-17)18-9-5-6-10-20(18)31-16)33-26-35-34-24(38-26)19-15-21(27(28,29)30)39-25(19)36-11-13-37-14-12-36/h2-10,15,23,31H,1,11-14H2,(H,33,35)/t23-/m1/s1. The van der Waals surface area contributed by atoms with Gasteiger partial charge in [-0.1, -0.05) is 60.2 Å². The minimum Gasteiger partial charge on any atom is -0.403 e. The van der Waals surface area contributed by atoms with Crippen molar-refractivity contribution in [1.29, 1.82) is 0 Å². The van der Waals surface area contributed by atoms with Crippen LogP contribution in [-0.4, -0.2) is 48.4 Å². The van der Waals surface area contributed by atoms with E-state index in [2.05, 4.69) is 27.4 Å². The number of ether oxygens (including phenoxy) is 1. The molecule has 2 aliphatic rings. The average molecular weight is 553 g/mol. The van der Waals surface area contributed by atoms with E-state index < -0.39 is 17.2 Å². The molecule has 1 fully saturated rings. The lowest BCUT2D eigenvalue weighted by molar-refractivity contribution is -0.134. The Morgan fingerprint density at radius 3 is 2.51 bits per heavy atom. The van der Waals surface area contributed by atoms with Crippen LogP contribution in [0.3, 0.4) is 0 Å². The molecule has 0 bridgehead atoms. The van der Waals surface area contributed by atoms with Crippen molar-refractivity contribution in [3.8, 4) is 11.5 Å². The molecule has 2 aliphatic heterocycles. The Hall–Kier alpha value is -4.16. The quantitative estimate of drug-likeness (QED) is 0.320. The normalized spacial score (nSPS) is 17.7. The average Bonchev–Trinajstić information content (AvgIpc) is 3.57. The molecule has 200 valence electrons. The molecular weight excluding hydrogens is 529 g/mol. The molecule has 1 atom stereocenters. The number of thiophene rings is 1. The lowest BCUT2D eigenvalue weighted by Crippen LogP contribution is -2.35. The number of anilines is 3. The van der Waals surface area contributed by atoms with Gasteiger partial charge in [-0.15, -0.1) is 16.4 Å². The van der Waals surface area contributed by atoms with Gasteiger partial charge in [0.1, 0.15) is 9.88 Å². The van der Waals surface area contributed by atoms with Crippen LogP contribution < -0.4 is 15.5 Å². The number of nitrogens with zero attached hydrogens (tertiary/aromatic N) is 4. The van der Waals surface area contributed by atoms with Crippen LogP contribution in [0.1, 0.15) is 16.0 Å². The predicted octanol–water partition coefficient (Wildman–Crippen LogP) is 5.87. The number of hydrogen-bond donors (Lipinski definition) is 2. The summed E-state index contributed by atoms with van der Waals surface area (Å²) >= 11 is 0.658. The number of halogens is 3. The maximum atomic E-state index is 13.6. The molecule has 0 unspecified atom stereocenters. The van der Waals surface area contributed by atoms with E-state index in [-0.39, 0.29) is 17.5 Å². The van der Waals surface area contributed by atoms with Gasteiger partial charge in [0, 0.05) is 29.9 Å². The van der Waals surface area contributed by atoms with Crippen LogP contribution in [0.25, 0.3) is 11.5 Å². The molecule has 2 N–H and O–H groups in total. The molecule has 4 heterocycles. The molecule has 8 nitrogen and oxygen atoms in total. The first kappa shape index (κ1) is 25.1. The van der Waals surface area contributed by atoms with Gasteiger partial charge in [-0.25, -0.2) is 0 Å². The summed E-state index contributed by atoms with van der Waals surface area (Å²) < 4.78 is 52.0. The van der Waals surface area contributed by atoms with Crippen molar-refractivity contribution in [2.24, 2.45) is 4.99 Å². The summed E-state index contributed by atoms with van der Waals surface area (Å²) in [5, 5.41) is 14.9. The Morgan fingerprint density at radius 1 is 1.00 bits per heavy atom. The van der Waals surface area contributed by atoms with Crippen molar-refractivity contribution >= 4 is 33.8 Å². The monoisotopic (exact) mass is 552 g/mol. The Balaban J connectivity index is 1.33. The van der Waals surface area contributed by atoms with Crippen molar-refractivity contribution < 1.29 is 22.3 Å². The molecule has 0 radical (unpaired) electrons. The number of benzene rings is 2. The summed E-state index contributed by atoms with van der Waals surface area (Å²) in [4.78, 5) is 6.03. The third-order valence-electron chi connectivity index (χ3n) is 6.32. The molecule has 12 heteroatoms. The van der Waals surface area contributed by atoms with Gasteiger partial charge in [-0.2, -0.15) is 13.2 Å². The maximum Gasteiger partial charge on any atom is 0.425 e. The molecule has 4 aromatic rings. The second kappa shape index (κ2) is 10.2.